The van der Waals surface area contributed by atoms with Crippen LogP contribution in [-0.4, -0.2) is 22.0 Å². The lowest BCUT2D eigenvalue weighted by Gasteiger charge is -2.16. The van der Waals surface area contributed by atoms with Crippen LogP contribution in [-0.2, 0) is 24.3 Å². The standard InChI is InChI=1S/C13H20N4O/c14-12(18)2-1-7-17-11-5-6-15-8-10(11)16-13(17)9-3-4-9/h9,15H,1-8H2,(H2,14,18). The first-order valence-corrected chi connectivity index (χ1v) is 6.83. The molecule has 18 heavy (non-hydrogen) atoms. The fourth-order valence-corrected chi connectivity index (χ4v) is 2.71. The van der Waals surface area contributed by atoms with Crippen molar-refractivity contribution in [2.24, 2.45) is 5.73 Å². The van der Waals surface area contributed by atoms with Gasteiger partial charge in [-0.25, -0.2) is 4.98 Å². The second-order valence-corrected chi connectivity index (χ2v) is 5.29. The van der Waals surface area contributed by atoms with Crippen molar-refractivity contribution in [3.63, 3.8) is 0 Å². The normalized spacial score (nSPS) is 18.7. The number of fused-ring (bicyclic) bond motifs is 1. The molecule has 1 aliphatic carbocycles. The molecule has 1 amide bonds. The Morgan fingerprint density at radius 2 is 2.33 bits per heavy atom. The first-order chi connectivity index (χ1) is 8.75. The summed E-state index contributed by atoms with van der Waals surface area (Å²) in [7, 11) is 0. The molecule has 2 heterocycles. The minimum atomic E-state index is -0.210. The molecule has 1 aromatic rings. The van der Waals surface area contributed by atoms with Crippen molar-refractivity contribution >= 4 is 5.91 Å². The van der Waals surface area contributed by atoms with Gasteiger partial charge >= 0.3 is 0 Å². The quantitative estimate of drug-likeness (QED) is 0.804. The van der Waals surface area contributed by atoms with E-state index in [1.807, 2.05) is 0 Å². The Morgan fingerprint density at radius 1 is 1.50 bits per heavy atom. The Bertz CT molecular complexity index is 462. The summed E-state index contributed by atoms with van der Waals surface area (Å²) in [5.41, 5.74) is 7.79. The summed E-state index contributed by atoms with van der Waals surface area (Å²) >= 11 is 0. The Balaban J connectivity index is 1.80. The van der Waals surface area contributed by atoms with Gasteiger partial charge in [0.1, 0.15) is 5.82 Å². The third kappa shape index (κ3) is 2.27. The fraction of sp³-hybridized carbons (Fsp3) is 0.692. The highest BCUT2D eigenvalue weighted by atomic mass is 16.1. The highest BCUT2D eigenvalue weighted by molar-refractivity contribution is 5.73. The van der Waals surface area contributed by atoms with Crippen molar-refractivity contribution in [2.45, 2.75) is 51.1 Å². The van der Waals surface area contributed by atoms with Crippen molar-refractivity contribution in [2.75, 3.05) is 6.54 Å². The first kappa shape index (κ1) is 11.7. The van der Waals surface area contributed by atoms with E-state index in [0.29, 0.717) is 12.3 Å². The van der Waals surface area contributed by atoms with Crippen molar-refractivity contribution < 1.29 is 4.79 Å². The number of nitrogens with one attached hydrogen (secondary N) is 1. The van der Waals surface area contributed by atoms with E-state index in [9.17, 15) is 4.79 Å². The van der Waals surface area contributed by atoms with Crippen LogP contribution in [0.2, 0.25) is 0 Å². The van der Waals surface area contributed by atoms with Crippen LogP contribution >= 0.6 is 0 Å². The number of carbonyl (C=O) groups excluding carboxylic acids is 1. The maximum atomic E-state index is 10.8. The molecule has 3 rings (SSSR count). The molecule has 0 spiro atoms. The Kier molecular flexibility index (Phi) is 3.07. The summed E-state index contributed by atoms with van der Waals surface area (Å²) in [6, 6.07) is 0. The number of rotatable bonds is 5. The molecule has 2 aliphatic rings. The SMILES string of the molecule is NC(=O)CCCn1c(C2CC2)nc2c1CCNC2. The highest BCUT2D eigenvalue weighted by Crippen LogP contribution is 2.40. The van der Waals surface area contributed by atoms with Gasteiger partial charge in [0.15, 0.2) is 0 Å². The van der Waals surface area contributed by atoms with Gasteiger partial charge in [-0.1, -0.05) is 0 Å². The molecule has 1 aliphatic heterocycles. The number of aromatic nitrogens is 2. The van der Waals surface area contributed by atoms with E-state index < -0.39 is 0 Å². The summed E-state index contributed by atoms with van der Waals surface area (Å²) in [4.78, 5) is 15.6. The van der Waals surface area contributed by atoms with E-state index in [4.69, 9.17) is 10.7 Å². The number of imidazole rings is 1. The molecule has 1 fully saturated rings. The third-order valence-electron chi connectivity index (χ3n) is 3.76. The largest absolute Gasteiger partial charge is 0.370 e. The van der Waals surface area contributed by atoms with Gasteiger partial charge < -0.3 is 15.6 Å². The van der Waals surface area contributed by atoms with Crippen LogP contribution in [0, 0.1) is 0 Å². The molecule has 98 valence electrons. The van der Waals surface area contributed by atoms with Crippen LogP contribution in [0.5, 0.6) is 0 Å². The fourth-order valence-electron chi connectivity index (χ4n) is 2.71. The highest BCUT2D eigenvalue weighted by Gasteiger charge is 2.31. The lowest BCUT2D eigenvalue weighted by molar-refractivity contribution is -0.118. The van der Waals surface area contributed by atoms with Crippen LogP contribution in [0.25, 0.3) is 0 Å². The minimum absolute atomic E-state index is 0.210. The van der Waals surface area contributed by atoms with Crippen molar-refractivity contribution in [1.29, 1.82) is 0 Å². The Labute approximate surface area is 107 Å². The first-order valence-electron chi connectivity index (χ1n) is 6.83. The van der Waals surface area contributed by atoms with Crippen LogP contribution in [0.15, 0.2) is 0 Å². The number of amides is 1. The van der Waals surface area contributed by atoms with Gasteiger partial charge in [-0.3, -0.25) is 4.79 Å². The number of nitrogens with two attached hydrogens (primary N) is 1. The van der Waals surface area contributed by atoms with E-state index in [2.05, 4.69) is 9.88 Å². The van der Waals surface area contributed by atoms with Crippen LogP contribution in [0.4, 0.5) is 0 Å². The lowest BCUT2D eigenvalue weighted by Crippen LogP contribution is -2.25. The third-order valence-corrected chi connectivity index (χ3v) is 3.76. The van der Waals surface area contributed by atoms with Crippen LogP contribution < -0.4 is 11.1 Å². The maximum absolute atomic E-state index is 10.8. The molecule has 0 aromatic carbocycles. The average molecular weight is 248 g/mol. The Hall–Kier alpha value is -1.36. The summed E-state index contributed by atoms with van der Waals surface area (Å²) in [6.45, 7) is 2.80. The molecule has 5 nitrogen and oxygen atoms in total. The molecule has 0 saturated heterocycles. The van der Waals surface area contributed by atoms with Gasteiger partial charge in [-0.2, -0.15) is 0 Å². The van der Waals surface area contributed by atoms with Gasteiger partial charge in [0, 0.05) is 44.1 Å². The maximum Gasteiger partial charge on any atom is 0.217 e. The van der Waals surface area contributed by atoms with Crippen molar-refractivity contribution in [3.8, 4) is 0 Å². The molecule has 0 unspecified atom stereocenters. The summed E-state index contributed by atoms with van der Waals surface area (Å²) in [5.74, 6) is 1.69. The van der Waals surface area contributed by atoms with E-state index in [1.165, 1.54) is 30.1 Å². The topological polar surface area (TPSA) is 72.9 Å². The van der Waals surface area contributed by atoms with E-state index in [1.54, 1.807) is 0 Å². The number of hydrogen-bond acceptors (Lipinski definition) is 3. The zero-order valence-corrected chi connectivity index (χ0v) is 10.6. The summed E-state index contributed by atoms with van der Waals surface area (Å²) in [6.07, 6.45) is 4.87. The molecule has 5 heteroatoms. The Morgan fingerprint density at radius 3 is 3.06 bits per heavy atom. The zero-order chi connectivity index (χ0) is 12.5. The molecule has 0 radical (unpaired) electrons. The van der Waals surface area contributed by atoms with Gasteiger partial charge in [0.25, 0.3) is 0 Å². The number of hydrogen-bond donors (Lipinski definition) is 2. The summed E-state index contributed by atoms with van der Waals surface area (Å²) in [5, 5.41) is 3.37. The summed E-state index contributed by atoms with van der Waals surface area (Å²) < 4.78 is 2.36. The second-order valence-electron chi connectivity index (χ2n) is 5.29. The van der Waals surface area contributed by atoms with Crippen LogP contribution in [0.1, 0.15) is 48.8 Å². The van der Waals surface area contributed by atoms with E-state index >= 15 is 0 Å². The molecule has 0 bridgehead atoms. The molecule has 3 N–H and O–H groups in total. The molecule has 0 atom stereocenters. The molecular weight excluding hydrogens is 228 g/mol. The molecule has 1 saturated carbocycles. The minimum Gasteiger partial charge on any atom is -0.370 e. The zero-order valence-electron chi connectivity index (χ0n) is 10.6. The number of carbonyl (C=O) groups is 1. The lowest BCUT2D eigenvalue weighted by atomic mass is 10.2. The smallest absolute Gasteiger partial charge is 0.217 e. The van der Waals surface area contributed by atoms with Crippen molar-refractivity contribution in [3.05, 3.63) is 17.2 Å². The van der Waals surface area contributed by atoms with Gasteiger partial charge in [0.2, 0.25) is 5.91 Å². The monoisotopic (exact) mass is 248 g/mol. The molecule has 1 aromatic heterocycles. The van der Waals surface area contributed by atoms with Crippen LogP contribution in [0.3, 0.4) is 0 Å². The molecular formula is C13H20N4O. The number of primary amides is 1. The van der Waals surface area contributed by atoms with E-state index in [0.717, 1.165) is 32.5 Å². The number of nitrogens with zero attached hydrogens (tertiary/aromatic N) is 2. The average Bonchev–Trinajstić information content (AvgIpc) is 3.13. The second kappa shape index (κ2) is 4.72. The van der Waals surface area contributed by atoms with Gasteiger partial charge in [-0.05, 0) is 19.3 Å². The predicted octanol–water partition coefficient (Wildman–Crippen LogP) is 0.672. The predicted molar refractivity (Wildman–Crippen MR) is 68.0 cm³/mol. The van der Waals surface area contributed by atoms with Gasteiger partial charge in [-0.15, -0.1) is 0 Å². The van der Waals surface area contributed by atoms with Gasteiger partial charge in [0.05, 0.1) is 5.69 Å². The van der Waals surface area contributed by atoms with Crippen molar-refractivity contribution in [1.82, 2.24) is 14.9 Å². The van der Waals surface area contributed by atoms with E-state index in [-0.39, 0.29) is 5.91 Å².